The van der Waals surface area contributed by atoms with Gasteiger partial charge in [-0.05, 0) is 84.4 Å². The number of carbonyl (C=O) groups is 2. The fourth-order valence-electron chi connectivity index (χ4n) is 11.7. The van der Waals surface area contributed by atoms with Crippen LogP contribution in [0.2, 0.25) is 0 Å². The first kappa shape index (κ1) is 27.8. The van der Waals surface area contributed by atoms with Crippen LogP contribution in [0.5, 0.6) is 0 Å². The van der Waals surface area contributed by atoms with Crippen molar-refractivity contribution < 1.29 is 14.7 Å². The molecule has 0 aromatic carbocycles. The van der Waals surface area contributed by atoms with Gasteiger partial charge in [-0.2, -0.15) is 5.26 Å². The molecule has 5 aliphatic rings. The summed E-state index contributed by atoms with van der Waals surface area (Å²) in [6, 6.07) is 1.61. The van der Waals surface area contributed by atoms with Crippen LogP contribution in [-0.4, -0.2) is 28.8 Å². The van der Waals surface area contributed by atoms with Crippen molar-refractivity contribution >= 4 is 11.6 Å². The summed E-state index contributed by atoms with van der Waals surface area (Å²) < 4.78 is 0. The zero-order chi connectivity index (χ0) is 28.1. The maximum atomic E-state index is 14.5. The fraction of sp³-hybridized carbons (Fsp3) is 0.879. The van der Waals surface area contributed by atoms with Crippen LogP contribution < -0.4 is 0 Å². The Bertz CT molecular complexity index is 1130. The number of carbonyl (C=O) groups excluding carboxylic acids is 2. The third-order valence-corrected chi connectivity index (χ3v) is 13.9. The van der Waals surface area contributed by atoms with Gasteiger partial charge in [-0.25, -0.2) is 6.57 Å². The highest BCUT2D eigenvalue weighted by Crippen LogP contribution is 2.76. The molecule has 5 fully saturated rings. The first-order chi connectivity index (χ1) is 17.5. The summed E-state index contributed by atoms with van der Waals surface area (Å²) >= 11 is 0. The van der Waals surface area contributed by atoms with Crippen LogP contribution in [0.1, 0.15) is 113 Å². The molecule has 208 valence electrons. The lowest BCUT2D eigenvalue weighted by Crippen LogP contribution is -2.70. The number of nitriles is 1. The van der Waals surface area contributed by atoms with Gasteiger partial charge in [0.05, 0.1) is 18.6 Å². The monoisotopic (exact) mass is 520 g/mol. The van der Waals surface area contributed by atoms with E-state index in [-0.39, 0.29) is 63.0 Å². The van der Waals surface area contributed by atoms with Crippen molar-refractivity contribution in [2.75, 3.05) is 0 Å². The van der Waals surface area contributed by atoms with Crippen molar-refractivity contribution in [3.05, 3.63) is 11.4 Å². The zero-order valence-electron chi connectivity index (χ0n) is 24.7. The van der Waals surface area contributed by atoms with E-state index in [1.54, 1.807) is 0 Å². The molecule has 0 aliphatic heterocycles. The molecule has 0 spiro atoms. The Morgan fingerprint density at radius 2 is 1.63 bits per heavy atom. The second-order valence-electron chi connectivity index (χ2n) is 16.2. The molecule has 0 amide bonds. The van der Waals surface area contributed by atoms with Gasteiger partial charge in [0.1, 0.15) is 5.78 Å². The van der Waals surface area contributed by atoms with Gasteiger partial charge in [-0.1, -0.05) is 48.5 Å². The fourth-order valence-corrected chi connectivity index (χ4v) is 11.7. The van der Waals surface area contributed by atoms with E-state index in [4.69, 9.17) is 6.57 Å². The minimum absolute atomic E-state index is 0.0756. The highest BCUT2D eigenvalue weighted by atomic mass is 16.3. The molecular formula is C33H48N2O3. The molecule has 1 N–H and O–H groups in total. The van der Waals surface area contributed by atoms with Crippen LogP contribution in [-0.2, 0) is 9.59 Å². The van der Waals surface area contributed by atoms with Crippen LogP contribution >= 0.6 is 0 Å². The zero-order valence-corrected chi connectivity index (χ0v) is 24.7. The quantitative estimate of drug-likeness (QED) is 0.407. The van der Waals surface area contributed by atoms with Crippen molar-refractivity contribution in [1.29, 1.82) is 5.26 Å². The molecule has 5 aliphatic carbocycles. The molecule has 0 aromatic rings. The predicted molar refractivity (Wildman–Crippen MR) is 146 cm³/mol. The summed E-state index contributed by atoms with van der Waals surface area (Å²) in [5.41, 5.74) is -1.31. The average molecular weight is 521 g/mol. The third kappa shape index (κ3) is 3.36. The Morgan fingerprint density at radius 3 is 2.26 bits per heavy atom. The molecule has 38 heavy (non-hydrogen) atoms. The maximum absolute atomic E-state index is 14.5. The lowest BCUT2D eigenvalue weighted by Gasteiger charge is -2.72. The molecule has 0 aromatic heterocycles. The minimum Gasteiger partial charge on any atom is -0.391 e. The van der Waals surface area contributed by atoms with Gasteiger partial charge in [-0.3, -0.25) is 9.59 Å². The van der Waals surface area contributed by atoms with Gasteiger partial charge in [-0.15, -0.1) is 0 Å². The Labute approximate surface area is 230 Å². The van der Waals surface area contributed by atoms with E-state index in [0.29, 0.717) is 18.6 Å². The van der Waals surface area contributed by atoms with Gasteiger partial charge >= 0.3 is 0 Å². The predicted octanol–water partition coefficient (Wildman–Crippen LogP) is 6.79. The van der Waals surface area contributed by atoms with Crippen LogP contribution in [0.25, 0.3) is 4.85 Å². The first-order valence-corrected chi connectivity index (χ1v) is 15.0. The molecular weight excluding hydrogens is 472 g/mol. The second kappa shape index (κ2) is 8.39. The molecule has 0 saturated heterocycles. The third-order valence-electron chi connectivity index (χ3n) is 13.9. The number of fused-ring (bicyclic) bond motifs is 7. The van der Waals surface area contributed by atoms with Crippen molar-refractivity contribution in [3.63, 3.8) is 0 Å². The van der Waals surface area contributed by atoms with E-state index in [9.17, 15) is 20.0 Å². The van der Waals surface area contributed by atoms with Gasteiger partial charge in [0, 0.05) is 29.6 Å². The smallest absolute Gasteiger partial charge is 0.281 e. The van der Waals surface area contributed by atoms with Crippen molar-refractivity contribution in [1.82, 2.24) is 0 Å². The van der Waals surface area contributed by atoms with E-state index in [2.05, 4.69) is 45.5 Å². The van der Waals surface area contributed by atoms with E-state index in [1.807, 2.05) is 13.8 Å². The first-order valence-electron chi connectivity index (χ1n) is 15.0. The SMILES string of the molecule is [C-]#[N+]C1C[C@]2(C)[C@H]3CC(=O)[C@@H]4[C@@H]5CC(C)(C)CC[C@]5(C(O)CC#N)CC[C@@]4(C)[C@]3(C)CC[C@H]2C(C)(C)C1=O. The Kier molecular flexibility index (Phi) is 6.15. The summed E-state index contributed by atoms with van der Waals surface area (Å²) in [5.74, 6) is 0.725. The number of ketones is 2. The number of rotatable bonds is 2. The van der Waals surface area contributed by atoms with Gasteiger partial charge in [0.2, 0.25) is 5.78 Å². The summed E-state index contributed by atoms with van der Waals surface area (Å²) in [5, 5.41) is 20.9. The average Bonchev–Trinajstić information content (AvgIpc) is 2.82. The number of nitrogens with zero attached hydrogens (tertiary/aromatic N) is 2. The van der Waals surface area contributed by atoms with Gasteiger partial charge < -0.3 is 9.95 Å². The molecule has 5 saturated carbocycles. The summed E-state index contributed by atoms with van der Waals surface area (Å²) in [7, 11) is 0. The Balaban J connectivity index is 1.61. The van der Waals surface area contributed by atoms with Crippen LogP contribution in [0.4, 0.5) is 0 Å². The van der Waals surface area contributed by atoms with Crippen LogP contribution in [0, 0.1) is 74.1 Å². The Hall–Kier alpha value is -1.72. The van der Waals surface area contributed by atoms with E-state index >= 15 is 0 Å². The van der Waals surface area contributed by atoms with E-state index < -0.39 is 17.6 Å². The minimum atomic E-state index is -0.686. The number of hydrogen-bond acceptors (Lipinski definition) is 4. The van der Waals surface area contributed by atoms with Crippen LogP contribution in [0.15, 0.2) is 0 Å². The standard InChI is InChI=1S/C33H48N2O3/c1-28(2)12-14-33(25(37)10-16-34)15-13-32(7)26(20(33)18-28)22(36)17-24-30(5)19-21(35-8)27(38)29(3,4)23(30)9-11-31(24,32)6/h20-21,23-26,37H,9-15,17-19H2,1-7H3/t20-,21?,23-,24+,25?,26-,30-,31+,32+,33-/m0/s1. The maximum Gasteiger partial charge on any atom is 0.281 e. The molecule has 0 heterocycles. The summed E-state index contributed by atoms with van der Waals surface area (Å²) in [6.07, 6.45) is 7.08. The topological polar surface area (TPSA) is 82.5 Å². The number of aliphatic hydroxyl groups is 1. The molecule has 5 heteroatoms. The second-order valence-corrected chi connectivity index (χ2v) is 16.2. The normalized spacial score (nSPS) is 49.8. The Morgan fingerprint density at radius 1 is 0.974 bits per heavy atom. The number of Topliss-reactive ketones (excluding diaryl/α,β-unsaturated/α-hetero) is 2. The largest absolute Gasteiger partial charge is 0.391 e. The lowest BCUT2D eigenvalue weighted by molar-refractivity contribution is -0.243. The van der Waals surface area contributed by atoms with E-state index in [1.165, 1.54) is 0 Å². The molecule has 0 radical (unpaired) electrons. The van der Waals surface area contributed by atoms with Crippen LogP contribution in [0.3, 0.4) is 0 Å². The summed E-state index contributed by atoms with van der Waals surface area (Å²) in [6.45, 7) is 23.6. The molecule has 0 bridgehead atoms. The van der Waals surface area contributed by atoms with Gasteiger partial charge in [0.25, 0.3) is 6.04 Å². The summed E-state index contributed by atoms with van der Waals surface area (Å²) in [4.78, 5) is 31.7. The lowest BCUT2D eigenvalue weighted by atomic mass is 9.31. The van der Waals surface area contributed by atoms with E-state index in [0.717, 1.165) is 44.9 Å². The van der Waals surface area contributed by atoms with Crippen molar-refractivity contribution in [2.45, 2.75) is 125 Å². The van der Waals surface area contributed by atoms with Crippen molar-refractivity contribution in [2.24, 2.45) is 56.2 Å². The number of hydrogen-bond donors (Lipinski definition) is 1. The molecule has 5 rings (SSSR count). The van der Waals surface area contributed by atoms with Gasteiger partial charge in [0.15, 0.2) is 0 Å². The van der Waals surface area contributed by atoms with Crippen molar-refractivity contribution in [3.8, 4) is 6.07 Å². The highest BCUT2D eigenvalue weighted by molar-refractivity contribution is 5.92. The molecule has 2 unspecified atom stereocenters. The number of aliphatic hydroxyl groups excluding tert-OH is 1. The molecule has 5 nitrogen and oxygen atoms in total. The highest BCUT2D eigenvalue weighted by Gasteiger charge is 2.74. The molecule has 10 atom stereocenters.